The first kappa shape index (κ1) is 16.8. The molecule has 2 aromatic carbocycles. The van der Waals surface area contributed by atoms with Crippen molar-refractivity contribution in [1.82, 2.24) is 4.98 Å². The summed E-state index contributed by atoms with van der Waals surface area (Å²) in [4.78, 5) is 4.60. The highest BCUT2D eigenvalue weighted by Crippen LogP contribution is 2.32. The number of hydrogen-bond acceptors (Lipinski definition) is 5. The van der Waals surface area contributed by atoms with Gasteiger partial charge >= 0.3 is 0 Å². The Morgan fingerprint density at radius 3 is 2.67 bits per heavy atom. The van der Waals surface area contributed by atoms with Gasteiger partial charge in [0.25, 0.3) is 0 Å². The summed E-state index contributed by atoms with van der Waals surface area (Å²) >= 11 is 7.71. The Bertz CT molecular complexity index is 818. The monoisotopic (exact) mass is 360 g/mol. The number of aliphatic hydroxyl groups is 1. The highest BCUT2D eigenvalue weighted by molar-refractivity contribution is 7.14. The Labute approximate surface area is 149 Å². The first-order valence-corrected chi connectivity index (χ1v) is 8.71. The van der Waals surface area contributed by atoms with Crippen molar-refractivity contribution in [2.45, 2.75) is 6.42 Å². The molecule has 0 saturated carbocycles. The number of nitrogens with one attached hydrogen (secondary N) is 1. The predicted molar refractivity (Wildman–Crippen MR) is 99.6 cm³/mol. The molecule has 0 spiro atoms. The second-order valence-corrected chi connectivity index (χ2v) is 6.45. The molecule has 0 saturated heterocycles. The summed E-state index contributed by atoms with van der Waals surface area (Å²) in [6.45, 7) is 0.160. The van der Waals surface area contributed by atoms with Crippen LogP contribution in [0, 0.1) is 0 Å². The third-order valence-electron chi connectivity index (χ3n) is 3.56. The Morgan fingerprint density at radius 1 is 1.21 bits per heavy atom. The molecule has 1 aromatic heterocycles. The van der Waals surface area contributed by atoms with Gasteiger partial charge in [-0.05, 0) is 42.3 Å². The van der Waals surface area contributed by atoms with E-state index < -0.39 is 0 Å². The summed E-state index contributed by atoms with van der Waals surface area (Å²) in [6.07, 6.45) is 0.667. The van der Waals surface area contributed by atoms with Crippen molar-refractivity contribution < 1.29 is 9.84 Å². The molecule has 0 amide bonds. The zero-order chi connectivity index (χ0) is 16.9. The molecular weight excluding hydrogens is 344 g/mol. The number of benzene rings is 2. The number of hydrogen-bond donors (Lipinski definition) is 2. The van der Waals surface area contributed by atoms with Gasteiger partial charge in [-0.1, -0.05) is 23.7 Å². The number of methoxy groups -OCH3 is 1. The summed E-state index contributed by atoms with van der Waals surface area (Å²) in [7, 11) is 1.59. The molecule has 0 unspecified atom stereocenters. The highest BCUT2D eigenvalue weighted by Gasteiger charge is 2.08. The molecule has 0 aliphatic heterocycles. The third kappa shape index (κ3) is 3.87. The lowest BCUT2D eigenvalue weighted by Gasteiger charge is -2.05. The van der Waals surface area contributed by atoms with Crippen LogP contribution in [0.25, 0.3) is 11.3 Å². The number of aliphatic hydroxyl groups excluding tert-OH is 1. The zero-order valence-electron chi connectivity index (χ0n) is 13.1. The van der Waals surface area contributed by atoms with Crippen molar-refractivity contribution in [3.8, 4) is 17.0 Å². The fourth-order valence-electron chi connectivity index (χ4n) is 2.30. The van der Waals surface area contributed by atoms with E-state index in [0.29, 0.717) is 17.2 Å². The predicted octanol–water partition coefficient (Wildman–Crippen LogP) is 4.75. The first-order valence-electron chi connectivity index (χ1n) is 7.46. The topological polar surface area (TPSA) is 54.4 Å². The van der Waals surface area contributed by atoms with Gasteiger partial charge in [-0.25, -0.2) is 4.98 Å². The maximum Gasteiger partial charge on any atom is 0.187 e. The van der Waals surface area contributed by atoms with Gasteiger partial charge in [0.1, 0.15) is 5.75 Å². The van der Waals surface area contributed by atoms with Crippen LogP contribution in [-0.2, 0) is 6.42 Å². The van der Waals surface area contributed by atoms with E-state index in [0.717, 1.165) is 27.6 Å². The normalized spacial score (nSPS) is 10.6. The molecule has 0 fully saturated rings. The van der Waals surface area contributed by atoms with Gasteiger partial charge in [-0.3, -0.25) is 0 Å². The van der Waals surface area contributed by atoms with E-state index in [1.54, 1.807) is 7.11 Å². The zero-order valence-corrected chi connectivity index (χ0v) is 14.7. The fourth-order valence-corrected chi connectivity index (χ4v) is 3.29. The lowest BCUT2D eigenvalue weighted by atomic mass is 10.1. The number of anilines is 2. The van der Waals surface area contributed by atoms with Gasteiger partial charge in [0.2, 0.25) is 0 Å². The number of thiazole rings is 1. The van der Waals surface area contributed by atoms with Gasteiger partial charge in [0, 0.05) is 23.2 Å². The molecule has 6 heteroatoms. The van der Waals surface area contributed by atoms with Gasteiger partial charge in [-0.2, -0.15) is 0 Å². The summed E-state index contributed by atoms with van der Waals surface area (Å²) in [5.74, 6) is 0.650. The molecule has 3 aromatic rings. The maximum absolute atomic E-state index is 8.95. The minimum atomic E-state index is 0.160. The minimum absolute atomic E-state index is 0.160. The molecule has 4 nitrogen and oxygen atoms in total. The van der Waals surface area contributed by atoms with E-state index in [2.05, 4.69) is 10.3 Å². The molecule has 0 atom stereocenters. The van der Waals surface area contributed by atoms with Crippen molar-refractivity contribution in [3.05, 3.63) is 58.4 Å². The van der Waals surface area contributed by atoms with E-state index in [1.807, 2.05) is 47.8 Å². The lowest BCUT2D eigenvalue weighted by Crippen LogP contribution is -1.93. The summed E-state index contributed by atoms with van der Waals surface area (Å²) in [5.41, 5.74) is 3.88. The molecule has 3 rings (SSSR count). The number of ether oxygens (including phenoxy) is 1. The Kier molecular flexibility index (Phi) is 5.35. The van der Waals surface area contributed by atoms with E-state index in [9.17, 15) is 0 Å². The third-order valence-corrected chi connectivity index (χ3v) is 4.61. The summed E-state index contributed by atoms with van der Waals surface area (Å²) in [5, 5.41) is 15.6. The number of aromatic nitrogens is 1. The summed E-state index contributed by atoms with van der Waals surface area (Å²) in [6, 6.07) is 13.6. The molecule has 0 aliphatic carbocycles. The molecule has 124 valence electrons. The minimum Gasteiger partial charge on any atom is -0.495 e. The van der Waals surface area contributed by atoms with Crippen LogP contribution in [0.1, 0.15) is 5.56 Å². The van der Waals surface area contributed by atoms with E-state index in [4.69, 9.17) is 21.4 Å². The smallest absolute Gasteiger partial charge is 0.187 e. The average Bonchev–Trinajstić information content (AvgIpc) is 3.05. The van der Waals surface area contributed by atoms with Crippen LogP contribution in [0.3, 0.4) is 0 Å². The highest BCUT2D eigenvalue weighted by atomic mass is 35.5. The molecule has 0 aliphatic rings. The molecule has 24 heavy (non-hydrogen) atoms. The van der Waals surface area contributed by atoms with E-state index in [-0.39, 0.29) is 6.61 Å². The van der Waals surface area contributed by atoms with Gasteiger partial charge in [0.05, 0.1) is 17.8 Å². The molecular formula is C18H17ClN2O2S. The van der Waals surface area contributed by atoms with Crippen LogP contribution in [0.4, 0.5) is 10.8 Å². The van der Waals surface area contributed by atoms with Crippen LogP contribution >= 0.6 is 22.9 Å². The first-order chi connectivity index (χ1) is 11.7. The quantitative estimate of drug-likeness (QED) is 0.666. The Morgan fingerprint density at radius 2 is 2.00 bits per heavy atom. The molecule has 2 N–H and O–H groups in total. The Hall–Kier alpha value is -2.08. The van der Waals surface area contributed by atoms with E-state index >= 15 is 0 Å². The number of rotatable bonds is 6. The van der Waals surface area contributed by atoms with Gasteiger partial charge < -0.3 is 15.2 Å². The summed E-state index contributed by atoms with van der Waals surface area (Å²) < 4.78 is 5.17. The molecule has 1 heterocycles. The number of halogens is 1. The van der Waals surface area contributed by atoms with Crippen molar-refractivity contribution in [3.63, 3.8) is 0 Å². The van der Waals surface area contributed by atoms with Crippen molar-refractivity contribution in [1.29, 1.82) is 0 Å². The van der Waals surface area contributed by atoms with Crippen molar-refractivity contribution >= 4 is 33.8 Å². The molecule has 0 radical (unpaired) electrons. The molecule has 0 bridgehead atoms. The average molecular weight is 361 g/mol. The number of nitrogens with zero attached hydrogens (tertiary/aromatic N) is 1. The van der Waals surface area contributed by atoms with Crippen LogP contribution in [0.2, 0.25) is 5.02 Å². The maximum atomic E-state index is 8.95. The van der Waals surface area contributed by atoms with Crippen LogP contribution in [-0.4, -0.2) is 23.8 Å². The second-order valence-electron chi connectivity index (χ2n) is 5.18. The van der Waals surface area contributed by atoms with Gasteiger partial charge in [0.15, 0.2) is 5.13 Å². The lowest BCUT2D eigenvalue weighted by molar-refractivity contribution is 0.299. The standard InChI is InChI=1S/C18H17ClN2O2S/c1-23-17-7-4-13(10-15(17)19)16-11-24-18(21-16)20-14-5-2-12(3-6-14)8-9-22/h2-7,10-11,22H,8-9H2,1H3,(H,20,21). The largest absolute Gasteiger partial charge is 0.495 e. The SMILES string of the molecule is COc1ccc(-c2csc(Nc3ccc(CCO)cc3)n2)cc1Cl. The van der Waals surface area contributed by atoms with Crippen LogP contribution in [0.15, 0.2) is 47.8 Å². The second kappa shape index (κ2) is 7.66. The van der Waals surface area contributed by atoms with Crippen LogP contribution in [0.5, 0.6) is 5.75 Å². The fraction of sp³-hybridized carbons (Fsp3) is 0.167. The van der Waals surface area contributed by atoms with Crippen molar-refractivity contribution in [2.75, 3.05) is 19.0 Å². The van der Waals surface area contributed by atoms with E-state index in [1.165, 1.54) is 11.3 Å². The van der Waals surface area contributed by atoms with Gasteiger partial charge in [-0.15, -0.1) is 11.3 Å². The van der Waals surface area contributed by atoms with Crippen LogP contribution < -0.4 is 10.1 Å². The Balaban J connectivity index is 1.74. The van der Waals surface area contributed by atoms with Crippen molar-refractivity contribution in [2.24, 2.45) is 0 Å².